The van der Waals surface area contributed by atoms with Gasteiger partial charge in [0.2, 0.25) is 0 Å². The van der Waals surface area contributed by atoms with Crippen LogP contribution in [-0.4, -0.2) is 54.2 Å². The topological polar surface area (TPSA) is 63.7 Å². The fraction of sp³-hybridized carbons (Fsp3) is 0.314. The van der Waals surface area contributed by atoms with E-state index in [1.807, 2.05) is 54.6 Å². The standard InChI is InChI=1S/C35H38FN3O3/c36-32-17-11-19-37-33(32)24-39-20-9-10-21-41-25-29(22-27-12-3-1-4-13-27)38-35(40)31-16-7-8-18-34(31)42-26-30(39)23-28-14-5-2-6-15-28/h1-8,11-19,29-30H,9-10,20-26H2,(H,38,40)/t29-,30-/m0/s1. The van der Waals surface area contributed by atoms with Gasteiger partial charge in [0.05, 0.1) is 23.9 Å². The summed E-state index contributed by atoms with van der Waals surface area (Å²) < 4.78 is 27.2. The monoisotopic (exact) mass is 567 g/mol. The van der Waals surface area contributed by atoms with Crippen molar-refractivity contribution in [1.82, 2.24) is 15.2 Å². The molecular weight excluding hydrogens is 529 g/mol. The summed E-state index contributed by atoms with van der Waals surface area (Å²) in [6.07, 6.45) is 4.71. The van der Waals surface area contributed by atoms with Crippen molar-refractivity contribution in [3.63, 3.8) is 0 Å². The molecular formula is C35H38FN3O3. The minimum atomic E-state index is -0.317. The molecule has 0 fully saturated rings. The van der Waals surface area contributed by atoms with Gasteiger partial charge in [-0.05, 0) is 67.6 Å². The maximum absolute atomic E-state index is 14.7. The number of carbonyl (C=O) groups excluding carboxylic acids is 1. The second-order valence-electron chi connectivity index (χ2n) is 10.7. The van der Waals surface area contributed by atoms with Gasteiger partial charge in [-0.15, -0.1) is 0 Å². The van der Waals surface area contributed by atoms with Crippen LogP contribution in [0, 0.1) is 5.82 Å². The average molecular weight is 568 g/mol. The van der Waals surface area contributed by atoms with Crippen LogP contribution < -0.4 is 10.1 Å². The molecule has 0 saturated carbocycles. The summed E-state index contributed by atoms with van der Waals surface area (Å²) in [4.78, 5) is 20.1. The number of amides is 1. The van der Waals surface area contributed by atoms with Crippen molar-refractivity contribution in [3.05, 3.63) is 131 Å². The van der Waals surface area contributed by atoms with Crippen LogP contribution in [-0.2, 0) is 24.1 Å². The number of fused-ring (bicyclic) bond motifs is 1. The number of para-hydroxylation sites is 1. The Balaban J connectivity index is 1.41. The first-order chi connectivity index (χ1) is 20.7. The molecule has 42 heavy (non-hydrogen) atoms. The van der Waals surface area contributed by atoms with E-state index in [1.54, 1.807) is 18.3 Å². The van der Waals surface area contributed by atoms with Gasteiger partial charge in [-0.25, -0.2) is 4.39 Å². The first kappa shape index (κ1) is 29.4. The van der Waals surface area contributed by atoms with Crippen molar-refractivity contribution in [2.24, 2.45) is 0 Å². The number of nitrogens with one attached hydrogen (secondary N) is 1. The highest BCUT2D eigenvalue weighted by molar-refractivity contribution is 5.97. The molecule has 1 aliphatic rings. The number of pyridine rings is 1. The highest BCUT2D eigenvalue weighted by Crippen LogP contribution is 2.22. The van der Waals surface area contributed by atoms with Crippen LogP contribution in [0.4, 0.5) is 4.39 Å². The van der Waals surface area contributed by atoms with Gasteiger partial charge in [0.1, 0.15) is 18.2 Å². The van der Waals surface area contributed by atoms with E-state index in [4.69, 9.17) is 9.47 Å². The average Bonchev–Trinajstić information content (AvgIpc) is 3.02. The molecule has 3 aromatic carbocycles. The molecule has 0 bridgehead atoms. The zero-order valence-corrected chi connectivity index (χ0v) is 23.8. The van der Waals surface area contributed by atoms with Crippen molar-refractivity contribution in [3.8, 4) is 5.75 Å². The molecule has 0 saturated heterocycles. The van der Waals surface area contributed by atoms with Gasteiger partial charge in [-0.1, -0.05) is 72.8 Å². The summed E-state index contributed by atoms with van der Waals surface area (Å²) in [7, 11) is 0. The predicted molar refractivity (Wildman–Crippen MR) is 162 cm³/mol. The Morgan fingerprint density at radius 2 is 1.55 bits per heavy atom. The van der Waals surface area contributed by atoms with Gasteiger partial charge in [0, 0.05) is 25.4 Å². The van der Waals surface area contributed by atoms with E-state index in [9.17, 15) is 9.18 Å². The Morgan fingerprint density at radius 3 is 2.31 bits per heavy atom. The van der Waals surface area contributed by atoms with Crippen molar-refractivity contribution in [2.45, 2.75) is 44.3 Å². The first-order valence-corrected chi connectivity index (χ1v) is 14.7. The molecule has 2 heterocycles. The third-order valence-electron chi connectivity index (χ3n) is 7.54. The Hall–Kier alpha value is -4.07. The number of hydrogen-bond donors (Lipinski definition) is 1. The van der Waals surface area contributed by atoms with Crippen LogP contribution in [0.25, 0.3) is 0 Å². The molecule has 6 nitrogen and oxygen atoms in total. The summed E-state index contributed by atoms with van der Waals surface area (Å²) in [5.74, 6) is 0.00545. The lowest BCUT2D eigenvalue weighted by Gasteiger charge is -2.32. The Labute approximate surface area is 247 Å². The second-order valence-corrected chi connectivity index (χ2v) is 10.7. The number of carbonyl (C=O) groups is 1. The van der Waals surface area contributed by atoms with Crippen LogP contribution >= 0.6 is 0 Å². The van der Waals surface area contributed by atoms with E-state index in [2.05, 4.69) is 39.5 Å². The predicted octanol–water partition coefficient (Wildman–Crippen LogP) is 5.86. The number of benzene rings is 3. The third kappa shape index (κ3) is 8.47. The molecule has 0 radical (unpaired) electrons. The summed E-state index contributed by atoms with van der Waals surface area (Å²) in [6.45, 7) is 2.40. The number of rotatable bonds is 6. The molecule has 4 aromatic rings. The van der Waals surface area contributed by atoms with E-state index in [1.165, 1.54) is 6.07 Å². The van der Waals surface area contributed by atoms with Crippen molar-refractivity contribution in [1.29, 1.82) is 0 Å². The summed E-state index contributed by atoms with van der Waals surface area (Å²) >= 11 is 0. The first-order valence-electron chi connectivity index (χ1n) is 14.7. The van der Waals surface area contributed by atoms with Gasteiger partial charge in [0.15, 0.2) is 0 Å². The number of halogens is 1. The number of nitrogens with zero attached hydrogens (tertiary/aromatic N) is 2. The lowest BCUT2D eigenvalue weighted by atomic mass is 10.0. The van der Waals surface area contributed by atoms with Crippen LogP contribution in [0.5, 0.6) is 5.75 Å². The van der Waals surface area contributed by atoms with E-state index >= 15 is 0 Å². The lowest BCUT2D eigenvalue weighted by molar-refractivity contribution is 0.0818. The number of ether oxygens (including phenoxy) is 2. The highest BCUT2D eigenvalue weighted by Gasteiger charge is 2.24. The summed E-state index contributed by atoms with van der Waals surface area (Å²) in [5, 5.41) is 3.19. The zero-order chi connectivity index (χ0) is 29.0. The molecule has 0 aliphatic carbocycles. The van der Waals surface area contributed by atoms with E-state index in [-0.39, 0.29) is 23.8 Å². The summed E-state index contributed by atoms with van der Waals surface area (Å²) in [5.41, 5.74) is 3.18. The fourth-order valence-electron chi connectivity index (χ4n) is 5.32. The van der Waals surface area contributed by atoms with Crippen molar-refractivity contribution < 1.29 is 18.7 Å². The molecule has 5 rings (SSSR count). The maximum atomic E-state index is 14.7. The second kappa shape index (κ2) is 15.2. The Kier molecular flexibility index (Phi) is 10.7. The molecule has 1 amide bonds. The largest absolute Gasteiger partial charge is 0.491 e. The Bertz CT molecular complexity index is 1400. The normalized spacial score (nSPS) is 19.0. The van der Waals surface area contributed by atoms with Gasteiger partial charge in [-0.2, -0.15) is 0 Å². The third-order valence-corrected chi connectivity index (χ3v) is 7.54. The molecule has 1 aliphatic heterocycles. The zero-order valence-electron chi connectivity index (χ0n) is 23.8. The fourth-order valence-corrected chi connectivity index (χ4v) is 5.32. The quantitative estimate of drug-likeness (QED) is 0.316. The molecule has 1 aromatic heterocycles. The van der Waals surface area contributed by atoms with E-state index < -0.39 is 0 Å². The highest BCUT2D eigenvalue weighted by atomic mass is 19.1. The van der Waals surface area contributed by atoms with Crippen LogP contribution in [0.1, 0.15) is 40.0 Å². The van der Waals surface area contributed by atoms with Crippen LogP contribution in [0.2, 0.25) is 0 Å². The SMILES string of the molecule is O=C1N[C@@H](Cc2ccccc2)COCCCCN(Cc2ncccc2F)[C@@H](Cc2ccccc2)COc2ccccc21. The maximum Gasteiger partial charge on any atom is 0.255 e. The minimum Gasteiger partial charge on any atom is -0.491 e. The minimum absolute atomic E-state index is 0.0817. The molecule has 0 unspecified atom stereocenters. The van der Waals surface area contributed by atoms with Crippen molar-refractivity contribution in [2.75, 3.05) is 26.4 Å². The van der Waals surface area contributed by atoms with Gasteiger partial charge in [-0.3, -0.25) is 14.7 Å². The molecule has 2 atom stereocenters. The van der Waals surface area contributed by atoms with Gasteiger partial charge < -0.3 is 14.8 Å². The molecule has 218 valence electrons. The van der Waals surface area contributed by atoms with Crippen LogP contribution in [0.3, 0.4) is 0 Å². The lowest BCUT2D eigenvalue weighted by Crippen LogP contribution is -2.42. The van der Waals surface area contributed by atoms with E-state index in [0.717, 1.165) is 30.5 Å². The smallest absolute Gasteiger partial charge is 0.255 e. The summed E-state index contributed by atoms with van der Waals surface area (Å²) in [6, 6.07) is 30.5. The van der Waals surface area contributed by atoms with Crippen molar-refractivity contribution >= 4 is 5.91 Å². The molecule has 1 N–H and O–H groups in total. The number of hydrogen-bond acceptors (Lipinski definition) is 5. The molecule has 7 heteroatoms. The molecule has 0 spiro atoms. The Morgan fingerprint density at radius 1 is 0.833 bits per heavy atom. The van der Waals surface area contributed by atoms with Gasteiger partial charge in [0.25, 0.3) is 5.91 Å². The van der Waals surface area contributed by atoms with Crippen LogP contribution in [0.15, 0.2) is 103 Å². The number of aromatic nitrogens is 1. The van der Waals surface area contributed by atoms with E-state index in [0.29, 0.717) is 56.2 Å². The van der Waals surface area contributed by atoms with Gasteiger partial charge >= 0.3 is 0 Å².